The van der Waals surface area contributed by atoms with E-state index in [1.165, 1.54) is 7.11 Å². The number of hydrogen-bond acceptors (Lipinski definition) is 9. The first kappa shape index (κ1) is 19.4. The van der Waals surface area contributed by atoms with Crippen molar-refractivity contribution in [3.05, 3.63) is 42.1 Å². The van der Waals surface area contributed by atoms with Gasteiger partial charge in [-0.3, -0.25) is 0 Å². The van der Waals surface area contributed by atoms with Crippen molar-refractivity contribution in [3.8, 4) is 17.6 Å². The minimum absolute atomic E-state index is 0.154. The second-order valence-electron chi connectivity index (χ2n) is 5.68. The number of unbranched alkanes of at least 4 members (excludes halogenated alkanes) is 1. The van der Waals surface area contributed by atoms with Crippen molar-refractivity contribution in [2.45, 2.75) is 19.8 Å². The van der Waals surface area contributed by atoms with Crippen molar-refractivity contribution in [2.24, 2.45) is 10.3 Å². The Bertz CT molecular complexity index is 841. The molecule has 0 fully saturated rings. The zero-order valence-corrected chi connectivity index (χ0v) is 15.8. The van der Waals surface area contributed by atoms with Gasteiger partial charge in [-0.25, -0.2) is 4.98 Å². The van der Waals surface area contributed by atoms with Gasteiger partial charge in [0.05, 0.1) is 12.2 Å². The molecule has 3 rings (SSSR count). The van der Waals surface area contributed by atoms with Crippen molar-refractivity contribution in [3.63, 3.8) is 0 Å². The van der Waals surface area contributed by atoms with Crippen LogP contribution in [0.1, 0.15) is 25.3 Å². The van der Waals surface area contributed by atoms with Gasteiger partial charge in [0.25, 0.3) is 5.90 Å². The molecular weight excluding hydrogens is 364 g/mol. The monoisotopic (exact) mass is 386 g/mol. The van der Waals surface area contributed by atoms with E-state index >= 15 is 0 Å². The Morgan fingerprint density at radius 2 is 2.11 bits per heavy atom. The van der Waals surface area contributed by atoms with Crippen LogP contribution in [0.15, 0.2) is 46.8 Å². The van der Waals surface area contributed by atoms with Gasteiger partial charge in [-0.2, -0.15) is 4.98 Å². The molecule has 2 heterocycles. The van der Waals surface area contributed by atoms with E-state index in [2.05, 4.69) is 27.2 Å². The van der Waals surface area contributed by atoms with Crippen LogP contribution >= 0.6 is 0 Å². The molecule has 2 aromatic rings. The highest BCUT2D eigenvalue weighted by Gasteiger charge is 2.22. The molecule has 0 N–H and O–H groups in total. The van der Waals surface area contributed by atoms with Crippen LogP contribution in [0.4, 0.5) is 0 Å². The molecule has 1 aliphatic rings. The molecule has 0 saturated heterocycles. The van der Waals surface area contributed by atoms with E-state index < -0.39 is 0 Å². The van der Waals surface area contributed by atoms with Gasteiger partial charge in [0.2, 0.25) is 5.88 Å². The van der Waals surface area contributed by atoms with Crippen molar-refractivity contribution >= 4 is 11.6 Å². The van der Waals surface area contributed by atoms with E-state index in [4.69, 9.17) is 23.9 Å². The quantitative estimate of drug-likeness (QED) is 0.371. The maximum atomic E-state index is 5.88. The van der Waals surface area contributed by atoms with Crippen molar-refractivity contribution < 1.29 is 23.9 Å². The lowest BCUT2D eigenvalue weighted by Gasteiger charge is -2.16. The van der Waals surface area contributed by atoms with Crippen molar-refractivity contribution in [1.29, 1.82) is 0 Å². The molecule has 0 amide bonds. The largest absolute Gasteiger partial charge is 0.478 e. The van der Waals surface area contributed by atoms with Gasteiger partial charge in [-0.1, -0.05) is 30.6 Å². The average Bonchev–Trinajstić information content (AvgIpc) is 2.74. The maximum Gasteiger partial charge on any atom is 0.325 e. The Morgan fingerprint density at radius 3 is 2.89 bits per heavy atom. The fraction of sp³-hybridized carbons (Fsp3) is 0.368. The zero-order valence-electron chi connectivity index (χ0n) is 15.8. The lowest BCUT2D eigenvalue weighted by molar-refractivity contribution is 0.0672. The summed E-state index contributed by atoms with van der Waals surface area (Å²) >= 11 is 0. The van der Waals surface area contributed by atoms with Gasteiger partial charge in [0.1, 0.15) is 19.5 Å². The molecular formula is C19H22N4O5. The summed E-state index contributed by atoms with van der Waals surface area (Å²) in [5.74, 6) is 1.12. The van der Waals surface area contributed by atoms with Crippen molar-refractivity contribution in [1.82, 2.24) is 9.97 Å². The molecule has 1 aromatic heterocycles. The smallest absolute Gasteiger partial charge is 0.325 e. The molecule has 1 aromatic carbocycles. The number of oxime groups is 2. The zero-order chi connectivity index (χ0) is 19.6. The summed E-state index contributed by atoms with van der Waals surface area (Å²) in [6, 6.07) is 9.07. The van der Waals surface area contributed by atoms with Crippen LogP contribution in [-0.2, 0) is 14.4 Å². The van der Waals surface area contributed by atoms with Crippen LogP contribution < -0.4 is 9.47 Å². The van der Waals surface area contributed by atoms with Crippen LogP contribution in [0.3, 0.4) is 0 Å². The summed E-state index contributed by atoms with van der Waals surface area (Å²) in [4.78, 5) is 18.5. The SMILES string of the molecule is CCCCOc1ccnc(Oc2ccccc2C(=NOC)C2=NOCCO2)n1. The molecule has 0 spiro atoms. The molecule has 0 saturated carbocycles. The molecule has 1 aliphatic heterocycles. The highest BCUT2D eigenvalue weighted by molar-refractivity contribution is 6.45. The third kappa shape index (κ3) is 5.09. The Morgan fingerprint density at radius 1 is 1.21 bits per heavy atom. The normalized spacial score (nSPS) is 13.8. The first-order chi connectivity index (χ1) is 13.8. The third-order valence-corrected chi connectivity index (χ3v) is 3.65. The molecule has 0 bridgehead atoms. The van der Waals surface area contributed by atoms with Crippen LogP contribution in [-0.4, -0.2) is 48.5 Å². The minimum atomic E-state index is 0.154. The number of para-hydroxylation sites is 1. The molecule has 0 aliphatic carbocycles. The molecule has 0 atom stereocenters. The molecule has 148 valence electrons. The number of benzene rings is 1. The summed E-state index contributed by atoms with van der Waals surface area (Å²) in [6.45, 7) is 3.43. The summed E-state index contributed by atoms with van der Waals surface area (Å²) in [5.41, 5.74) is 0.933. The van der Waals surface area contributed by atoms with E-state index in [9.17, 15) is 0 Å². The molecule has 9 heteroatoms. The number of aromatic nitrogens is 2. The first-order valence-corrected chi connectivity index (χ1v) is 8.99. The lowest BCUT2D eigenvalue weighted by Crippen LogP contribution is -2.25. The summed E-state index contributed by atoms with van der Waals surface area (Å²) in [5, 5.41) is 7.93. The summed E-state index contributed by atoms with van der Waals surface area (Å²) in [6.07, 6.45) is 3.57. The standard InChI is InChI=1S/C19H22N4O5/c1-3-4-11-25-16-9-10-20-19(21-16)28-15-8-6-5-7-14(15)17(22-24-2)18-23-27-13-12-26-18/h5-10H,3-4,11-13H2,1-2H3. The van der Waals surface area contributed by atoms with Crippen LogP contribution in [0.2, 0.25) is 0 Å². The topological polar surface area (TPSA) is 96.7 Å². The van der Waals surface area contributed by atoms with E-state index in [-0.39, 0.29) is 11.9 Å². The Balaban J connectivity index is 1.85. The Kier molecular flexibility index (Phi) is 7.00. The van der Waals surface area contributed by atoms with Crippen molar-refractivity contribution in [2.75, 3.05) is 26.9 Å². The number of ether oxygens (including phenoxy) is 3. The Labute approximate surface area is 162 Å². The predicted molar refractivity (Wildman–Crippen MR) is 102 cm³/mol. The van der Waals surface area contributed by atoms with E-state index in [0.29, 0.717) is 42.7 Å². The second kappa shape index (κ2) is 10.1. The van der Waals surface area contributed by atoms with Gasteiger partial charge in [-0.05, 0) is 23.7 Å². The average molecular weight is 386 g/mol. The Hall–Kier alpha value is -3.36. The summed E-state index contributed by atoms with van der Waals surface area (Å²) < 4.78 is 17.0. The predicted octanol–water partition coefficient (Wildman–Crippen LogP) is 3.16. The maximum absolute atomic E-state index is 5.88. The third-order valence-electron chi connectivity index (χ3n) is 3.65. The number of hydrogen-bond donors (Lipinski definition) is 0. The molecule has 0 unspecified atom stereocenters. The van der Waals surface area contributed by atoms with Crippen LogP contribution in [0.5, 0.6) is 17.6 Å². The summed E-state index contributed by atoms with van der Waals surface area (Å²) in [7, 11) is 1.44. The molecule has 9 nitrogen and oxygen atoms in total. The highest BCUT2D eigenvalue weighted by Crippen LogP contribution is 2.25. The van der Waals surface area contributed by atoms with Gasteiger partial charge < -0.3 is 23.9 Å². The van der Waals surface area contributed by atoms with E-state index in [1.807, 2.05) is 12.1 Å². The number of rotatable bonds is 9. The minimum Gasteiger partial charge on any atom is -0.478 e. The van der Waals surface area contributed by atoms with E-state index in [1.54, 1.807) is 24.4 Å². The van der Waals surface area contributed by atoms with E-state index in [0.717, 1.165) is 12.8 Å². The van der Waals surface area contributed by atoms with Gasteiger partial charge in [0.15, 0.2) is 12.3 Å². The van der Waals surface area contributed by atoms with Gasteiger partial charge >= 0.3 is 6.01 Å². The van der Waals surface area contributed by atoms with Crippen LogP contribution in [0.25, 0.3) is 0 Å². The van der Waals surface area contributed by atoms with Gasteiger partial charge in [-0.15, -0.1) is 0 Å². The van der Waals surface area contributed by atoms with Gasteiger partial charge in [0, 0.05) is 12.3 Å². The lowest BCUT2D eigenvalue weighted by atomic mass is 10.1. The molecule has 0 radical (unpaired) electrons. The first-order valence-electron chi connectivity index (χ1n) is 8.99. The van der Waals surface area contributed by atoms with Crippen LogP contribution in [0, 0.1) is 0 Å². The second-order valence-corrected chi connectivity index (χ2v) is 5.68. The fourth-order valence-corrected chi connectivity index (χ4v) is 2.34. The number of nitrogens with zero attached hydrogens (tertiary/aromatic N) is 4. The molecule has 28 heavy (non-hydrogen) atoms. The highest BCUT2D eigenvalue weighted by atomic mass is 16.7. The fourth-order valence-electron chi connectivity index (χ4n) is 2.34.